The van der Waals surface area contributed by atoms with E-state index in [9.17, 15) is 0 Å². The summed E-state index contributed by atoms with van der Waals surface area (Å²) in [6, 6.07) is 24.4. The maximum atomic E-state index is 5.26. The summed E-state index contributed by atoms with van der Waals surface area (Å²) in [6.45, 7) is 23.5. The summed E-state index contributed by atoms with van der Waals surface area (Å²) in [4.78, 5) is 5.26. The molecule has 0 N–H and O–H groups in total. The Bertz CT molecular complexity index is 2090. The number of rotatable bonds is 3. The van der Waals surface area contributed by atoms with Crippen LogP contribution in [0.5, 0.6) is 0 Å². The second-order valence-electron chi connectivity index (χ2n) is 16.3. The number of hydrogen-bond donors (Lipinski definition) is 0. The van der Waals surface area contributed by atoms with Gasteiger partial charge >= 0.3 is 0 Å². The number of benzene rings is 4. The van der Waals surface area contributed by atoms with Crippen molar-refractivity contribution in [2.75, 3.05) is 0 Å². The van der Waals surface area contributed by atoms with Gasteiger partial charge in [0.05, 0.1) is 11.0 Å². The van der Waals surface area contributed by atoms with Crippen LogP contribution in [-0.4, -0.2) is 23.0 Å². The van der Waals surface area contributed by atoms with Crippen molar-refractivity contribution in [1.82, 2.24) is 9.55 Å². The lowest BCUT2D eigenvalue weighted by atomic mass is 9.19. The van der Waals surface area contributed by atoms with Crippen LogP contribution in [0, 0.1) is 20.8 Å². The van der Waals surface area contributed by atoms with Crippen LogP contribution in [0.4, 0.5) is 0 Å². The first kappa shape index (κ1) is 30.8. The van der Waals surface area contributed by atoms with Crippen molar-refractivity contribution in [1.29, 1.82) is 0 Å². The molecular weight excluding hydrogens is 566 g/mol. The van der Waals surface area contributed by atoms with Gasteiger partial charge in [-0.3, -0.25) is 4.57 Å². The van der Waals surface area contributed by atoms with Gasteiger partial charge in [-0.15, -0.1) is 0 Å². The van der Waals surface area contributed by atoms with Gasteiger partial charge in [0.25, 0.3) is 0 Å². The Kier molecular flexibility index (Phi) is 6.71. The molecule has 1 saturated carbocycles. The van der Waals surface area contributed by atoms with E-state index in [0.717, 1.165) is 17.8 Å². The first-order chi connectivity index (χ1) is 22.5. The summed E-state index contributed by atoms with van der Waals surface area (Å²) in [5.74, 6) is 1.09. The predicted octanol–water partition coefficient (Wildman–Crippen LogP) is 6.43. The van der Waals surface area contributed by atoms with E-state index >= 15 is 0 Å². The van der Waals surface area contributed by atoms with Crippen LogP contribution in [0.15, 0.2) is 60.7 Å². The third-order valence-electron chi connectivity index (χ3n) is 13.3. The highest BCUT2D eigenvalue weighted by atomic mass is 15.1. The van der Waals surface area contributed by atoms with Crippen LogP contribution in [-0.2, 0) is 16.2 Å². The molecule has 4 aromatic carbocycles. The maximum Gasteiger partial charge on any atom is 0.245 e. The van der Waals surface area contributed by atoms with E-state index in [4.69, 9.17) is 4.98 Å². The zero-order valence-corrected chi connectivity index (χ0v) is 30.4. The quantitative estimate of drug-likeness (QED) is 0.210. The molecule has 0 amide bonds. The monoisotopic (exact) mass is 616 g/mol. The highest BCUT2D eigenvalue weighted by molar-refractivity contribution is 7.12. The molecule has 4 heteroatoms. The maximum absolute atomic E-state index is 5.26. The summed E-state index contributed by atoms with van der Waals surface area (Å²) >= 11 is 0. The average molecular weight is 617 g/mol. The lowest BCUT2D eigenvalue weighted by Crippen LogP contribution is -2.77. The van der Waals surface area contributed by atoms with Gasteiger partial charge in [-0.05, 0) is 109 Å². The number of aromatic nitrogens is 2. The molecule has 238 valence electrons. The SMILES string of the molecule is CC.CCC(C)(C)c1cc2c3c(c1)nc(C)n3-c1cccc3c1B2c1cc2c(cc1B3c1c(C)cccc1C)C1(C)CCC2(C)CC1. The highest BCUT2D eigenvalue weighted by Gasteiger charge is 2.51. The molecule has 5 aliphatic rings. The summed E-state index contributed by atoms with van der Waals surface area (Å²) in [6.07, 6.45) is 6.32. The molecular formula is C43H50B2N2. The molecule has 2 aliphatic heterocycles. The van der Waals surface area contributed by atoms with Gasteiger partial charge in [0.1, 0.15) is 5.82 Å². The highest BCUT2D eigenvalue weighted by Crippen LogP contribution is 2.55. The predicted molar refractivity (Wildman–Crippen MR) is 205 cm³/mol. The van der Waals surface area contributed by atoms with Crippen LogP contribution < -0.4 is 32.8 Å². The van der Waals surface area contributed by atoms with E-state index < -0.39 is 0 Å². The molecule has 10 rings (SSSR count). The van der Waals surface area contributed by atoms with Crippen molar-refractivity contribution in [3.63, 3.8) is 0 Å². The normalized spacial score (nSPS) is 21.7. The fourth-order valence-electron chi connectivity index (χ4n) is 10.1. The molecule has 3 heterocycles. The van der Waals surface area contributed by atoms with Crippen molar-refractivity contribution >= 4 is 57.2 Å². The topological polar surface area (TPSA) is 17.8 Å². The van der Waals surface area contributed by atoms with Gasteiger partial charge in [0.15, 0.2) is 0 Å². The van der Waals surface area contributed by atoms with Crippen LogP contribution >= 0.6 is 0 Å². The molecule has 5 aromatic rings. The smallest absolute Gasteiger partial charge is 0.245 e. The Hall–Kier alpha value is -3.52. The molecule has 0 atom stereocenters. The Morgan fingerprint density at radius 2 is 1.28 bits per heavy atom. The second kappa shape index (κ2) is 10.2. The number of hydrogen-bond acceptors (Lipinski definition) is 1. The van der Waals surface area contributed by atoms with Crippen molar-refractivity contribution < 1.29 is 0 Å². The van der Waals surface area contributed by atoms with Gasteiger partial charge in [-0.1, -0.05) is 130 Å². The minimum Gasteiger partial charge on any atom is -0.298 e. The molecule has 2 nitrogen and oxygen atoms in total. The zero-order chi connectivity index (χ0) is 33.2. The molecule has 2 bridgehead atoms. The minimum absolute atomic E-state index is 0.0809. The number of nitrogens with zero attached hydrogens (tertiary/aromatic N) is 2. The first-order valence-electron chi connectivity index (χ1n) is 18.4. The van der Waals surface area contributed by atoms with Gasteiger partial charge in [0.2, 0.25) is 13.4 Å². The van der Waals surface area contributed by atoms with E-state index in [1.54, 1.807) is 11.1 Å². The lowest BCUT2D eigenvalue weighted by Gasteiger charge is -2.53. The fraction of sp³-hybridized carbons (Fsp3) is 0.419. The molecule has 0 spiro atoms. The van der Waals surface area contributed by atoms with Gasteiger partial charge in [0, 0.05) is 5.69 Å². The lowest BCUT2D eigenvalue weighted by molar-refractivity contribution is 0.188. The van der Waals surface area contributed by atoms with Crippen molar-refractivity contribution in [3.05, 3.63) is 94.3 Å². The third-order valence-corrected chi connectivity index (χ3v) is 13.3. The van der Waals surface area contributed by atoms with Gasteiger partial charge in [-0.2, -0.15) is 0 Å². The number of fused-ring (bicyclic) bond motifs is 6. The first-order valence-corrected chi connectivity index (χ1v) is 18.4. The van der Waals surface area contributed by atoms with E-state index in [0.29, 0.717) is 0 Å². The van der Waals surface area contributed by atoms with Crippen LogP contribution in [0.25, 0.3) is 16.7 Å². The molecule has 3 aliphatic carbocycles. The summed E-state index contributed by atoms with van der Waals surface area (Å²) in [5.41, 5.74) is 20.9. The summed E-state index contributed by atoms with van der Waals surface area (Å²) < 4.78 is 2.48. The molecule has 1 aromatic heterocycles. The van der Waals surface area contributed by atoms with E-state index in [1.165, 1.54) is 86.4 Å². The summed E-state index contributed by atoms with van der Waals surface area (Å²) in [7, 11) is 0. The van der Waals surface area contributed by atoms with Crippen LogP contribution in [0.1, 0.15) is 114 Å². The van der Waals surface area contributed by atoms with Crippen molar-refractivity contribution in [2.24, 2.45) is 0 Å². The van der Waals surface area contributed by atoms with Crippen molar-refractivity contribution in [2.45, 2.75) is 118 Å². The van der Waals surface area contributed by atoms with Crippen molar-refractivity contribution in [3.8, 4) is 5.69 Å². The average Bonchev–Trinajstić information content (AvgIpc) is 3.41. The number of imidazole rings is 1. The largest absolute Gasteiger partial charge is 0.298 e. The molecule has 0 radical (unpaired) electrons. The third kappa shape index (κ3) is 4.03. The van der Waals surface area contributed by atoms with E-state index in [1.807, 2.05) is 13.8 Å². The fourth-order valence-corrected chi connectivity index (χ4v) is 10.1. The Morgan fingerprint density at radius 3 is 1.85 bits per heavy atom. The molecule has 0 saturated heterocycles. The standard InChI is InChI=1S/C41H44B2N2.C2H6/c1-9-39(5,6)27-20-33-38-34(21-27)44-26(4)45(38)35-15-11-14-30-37(35)43(33)32-23-29-28(40(7)16-18-41(29,8)19-17-40)22-31(32)42(30)36-24(2)12-10-13-25(36)3;1-2/h10-15,20-23H,9,16-19H2,1-8H3;1-2H3. The number of aryl methyl sites for hydroxylation is 3. The Balaban J connectivity index is 0.00000159. The van der Waals surface area contributed by atoms with Crippen LogP contribution in [0.3, 0.4) is 0 Å². The minimum atomic E-state index is 0.0809. The second-order valence-corrected chi connectivity index (χ2v) is 16.3. The Morgan fingerprint density at radius 1 is 0.723 bits per heavy atom. The summed E-state index contributed by atoms with van der Waals surface area (Å²) in [5, 5.41) is 0. The zero-order valence-electron chi connectivity index (χ0n) is 30.4. The van der Waals surface area contributed by atoms with Gasteiger partial charge in [-0.25, -0.2) is 4.98 Å². The molecule has 0 unspecified atom stereocenters. The Labute approximate surface area is 283 Å². The van der Waals surface area contributed by atoms with E-state index in [-0.39, 0.29) is 29.7 Å². The molecule has 1 fully saturated rings. The van der Waals surface area contributed by atoms with Crippen LogP contribution in [0.2, 0.25) is 0 Å². The van der Waals surface area contributed by atoms with E-state index in [2.05, 4.69) is 121 Å². The molecule has 47 heavy (non-hydrogen) atoms. The van der Waals surface area contributed by atoms with Gasteiger partial charge < -0.3 is 0 Å².